The van der Waals surface area contributed by atoms with Gasteiger partial charge in [-0.3, -0.25) is 0 Å². The lowest BCUT2D eigenvalue weighted by atomic mass is 10.2. The summed E-state index contributed by atoms with van der Waals surface area (Å²) in [6.45, 7) is 0. The number of fused-ring (bicyclic) bond motifs is 2. The van der Waals surface area contributed by atoms with Crippen LogP contribution in [0.1, 0.15) is 0 Å². The van der Waals surface area contributed by atoms with E-state index in [1.807, 2.05) is 18.2 Å². The Labute approximate surface area is 97.2 Å². The van der Waals surface area contributed by atoms with Crippen LogP contribution in [0.4, 0.5) is 0 Å². The Morgan fingerprint density at radius 3 is 2.19 bits per heavy atom. The van der Waals surface area contributed by atoms with E-state index in [9.17, 15) is 5.11 Å². The molecule has 4 heteroatoms. The minimum absolute atomic E-state index is 0.201. The van der Waals surface area contributed by atoms with E-state index in [1.54, 1.807) is 18.2 Å². The van der Waals surface area contributed by atoms with Crippen LogP contribution in [0.25, 0.3) is 22.1 Å². The zero-order valence-corrected chi connectivity index (χ0v) is 9.15. The maximum Gasteiger partial charge on any atom is 0.117 e. The lowest BCUT2D eigenvalue weighted by Crippen LogP contribution is -1.87. The van der Waals surface area contributed by atoms with Crippen molar-refractivity contribution < 1.29 is 5.11 Å². The predicted octanol–water partition coefficient (Wildman–Crippen LogP) is 2.78. The minimum Gasteiger partial charge on any atom is -0.508 e. The summed E-state index contributed by atoms with van der Waals surface area (Å²) in [4.78, 5) is 9.74. The lowest BCUT2D eigenvalue weighted by Gasteiger charge is -2.01. The average molecular weight is 228 g/mol. The SMILES string of the molecule is Oc1ccc2nc3cc(S)ccc3nc2c1. The Hall–Kier alpha value is -1.81. The van der Waals surface area contributed by atoms with Crippen LogP contribution in [0.15, 0.2) is 41.3 Å². The van der Waals surface area contributed by atoms with Crippen LogP contribution in [0.3, 0.4) is 0 Å². The minimum atomic E-state index is 0.201. The van der Waals surface area contributed by atoms with Crippen LogP contribution in [-0.2, 0) is 0 Å². The van der Waals surface area contributed by atoms with Gasteiger partial charge in [0.1, 0.15) is 5.75 Å². The first-order chi connectivity index (χ1) is 7.72. The molecule has 78 valence electrons. The standard InChI is InChI=1S/C12H8N2OS/c15-7-1-3-9-11(5-7)13-10-4-2-8(16)6-12(10)14-9/h1-6,15-16H. The molecule has 0 amide bonds. The third kappa shape index (κ3) is 1.47. The summed E-state index contributed by atoms with van der Waals surface area (Å²) in [5, 5.41) is 9.37. The predicted molar refractivity (Wildman–Crippen MR) is 66.0 cm³/mol. The molecule has 0 saturated carbocycles. The fourth-order valence-electron chi connectivity index (χ4n) is 1.65. The molecule has 0 aliphatic carbocycles. The molecular weight excluding hydrogens is 220 g/mol. The molecule has 1 heterocycles. The quantitative estimate of drug-likeness (QED) is 0.459. The first-order valence-electron chi connectivity index (χ1n) is 4.82. The number of aromatic nitrogens is 2. The van der Waals surface area contributed by atoms with Crippen molar-refractivity contribution in [3.05, 3.63) is 36.4 Å². The van der Waals surface area contributed by atoms with E-state index < -0.39 is 0 Å². The Bertz CT molecular complexity index is 635. The summed E-state index contributed by atoms with van der Waals surface area (Å²) in [6, 6.07) is 10.6. The number of rotatable bonds is 0. The van der Waals surface area contributed by atoms with Crippen molar-refractivity contribution in [1.29, 1.82) is 0 Å². The molecule has 3 rings (SSSR count). The molecular formula is C12H8N2OS. The Morgan fingerprint density at radius 1 is 0.812 bits per heavy atom. The van der Waals surface area contributed by atoms with Crippen molar-refractivity contribution in [2.24, 2.45) is 0 Å². The van der Waals surface area contributed by atoms with Crippen LogP contribution in [0.5, 0.6) is 5.75 Å². The van der Waals surface area contributed by atoms with Crippen LogP contribution in [0, 0.1) is 0 Å². The van der Waals surface area contributed by atoms with Crippen molar-refractivity contribution in [2.45, 2.75) is 4.90 Å². The van der Waals surface area contributed by atoms with Gasteiger partial charge in [0.15, 0.2) is 0 Å². The molecule has 0 spiro atoms. The molecule has 3 aromatic rings. The Kier molecular flexibility index (Phi) is 1.97. The van der Waals surface area contributed by atoms with Gasteiger partial charge in [-0.2, -0.15) is 0 Å². The number of hydrogen-bond donors (Lipinski definition) is 2. The topological polar surface area (TPSA) is 46.0 Å². The monoisotopic (exact) mass is 228 g/mol. The molecule has 0 bridgehead atoms. The third-order valence-corrected chi connectivity index (χ3v) is 2.68. The van der Waals surface area contributed by atoms with Gasteiger partial charge < -0.3 is 5.11 Å². The fourth-order valence-corrected chi connectivity index (χ4v) is 1.85. The molecule has 3 nitrogen and oxygen atoms in total. The van der Waals surface area contributed by atoms with E-state index in [0.717, 1.165) is 21.4 Å². The molecule has 0 radical (unpaired) electrons. The van der Waals surface area contributed by atoms with Crippen molar-refractivity contribution >= 4 is 34.7 Å². The van der Waals surface area contributed by atoms with Crippen molar-refractivity contribution in [1.82, 2.24) is 9.97 Å². The largest absolute Gasteiger partial charge is 0.508 e. The summed E-state index contributed by atoms with van der Waals surface area (Å²) >= 11 is 4.26. The Morgan fingerprint density at radius 2 is 1.44 bits per heavy atom. The molecule has 16 heavy (non-hydrogen) atoms. The first-order valence-corrected chi connectivity index (χ1v) is 5.26. The van der Waals surface area contributed by atoms with Gasteiger partial charge in [-0.25, -0.2) is 9.97 Å². The zero-order valence-electron chi connectivity index (χ0n) is 8.25. The maximum atomic E-state index is 9.37. The van der Waals surface area contributed by atoms with Gasteiger partial charge in [-0.05, 0) is 30.3 Å². The van der Waals surface area contributed by atoms with Crippen molar-refractivity contribution in [3.8, 4) is 5.75 Å². The summed E-state index contributed by atoms with van der Waals surface area (Å²) in [5.41, 5.74) is 3.07. The van der Waals surface area contributed by atoms with E-state index in [4.69, 9.17) is 0 Å². The van der Waals surface area contributed by atoms with E-state index in [0.29, 0.717) is 5.52 Å². The van der Waals surface area contributed by atoms with E-state index in [2.05, 4.69) is 22.6 Å². The van der Waals surface area contributed by atoms with Gasteiger partial charge in [0.2, 0.25) is 0 Å². The van der Waals surface area contributed by atoms with Gasteiger partial charge >= 0.3 is 0 Å². The average Bonchev–Trinajstić information content (AvgIpc) is 2.26. The maximum absolute atomic E-state index is 9.37. The highest BCUT2D eigenvalue weighted by molar-refractivity contribution is 7.80. The smallest absolute Gasteiger partial charge is 0.117 e. The lowest BCUT2D eigenvalue weighted by molar-refractivity contribution is 0.476. The number of phenolic OH excluding ortho intramolecular Hbond substituents is 1. The van der Waals surface area contributed by atoms with Gasteiger partial charge in [0.05, 0.1) is 22.1 Å². The number of hydrogen-bond acceptors (Lipinski definition) is 4. The molecule has 0 aliphatic heterocycles. The highest BCUT2D eigenvalue weighted by atomic mass is 32.1. The van der Waals surface area contributed by atoms with Crippen LogP contribution in [-0.4, -0.2) is 15.1 Å². The highest BCUT2D eigenvalue weighted by Gasteiger charge is 2.02. The highest BCUT2D eigenvalue weighted by Crippen LogP contribution is 2.21. The van der Waals surface area contributed by atoms with E-state index in [1.165, 1.54) is 0 Å². The first kappa shape index (κ1) is 9.42. The fraction of sp³-hybridized carbons (Fsp3) is 0. The number of phenols is 1. The molecule has 0 atom stereocenters. The molecule has 0 unspecified atom stereocenters. The zero-order chi connectivity index (χ0) is 11.1. The third-order valence-electron chi connectivity index (χ3n) is 2.40. The Balaban J connectivity index is 2.44. The van der Waals surface area contributed by atoms with Crippen LogP contribution < -0.4 is 0 Å². The molecule has 1 N–H and O–H groups in total. The van der Waals surface area contributed by atoms with Gasteiger partial charge in [-0.1, -0.05) is 0 Å². The molecule has 2 aromatic carbocycles. The number of thiol groups is 1. The van der Waals surface area contributed by atoms with Gasteiger partial charge in [0.25, 0.3) is 0 Å². The molecule has 0 fully saturated rings. The number of aromatic hydroxyl groups is 1. The van der Waals surface area contributed by atoms with Gasteiger partial charge in [0, 0.05) is 11.0 Å². The van der Waals surface area contributed by atoms with Crippen LogP contribution >= 0.6 is 12.6 Å². The molecule has 0 aliphatic rings. The summed E-state index contributed by atoms with van der Waals surface area (Å²) < 4.78 is 0. The van der Waals surface area contributed by atoms with E-state index >= 15 is 0 Å². The second kappa shape index (κ2) is 3.35. The van der Waals surface area contributed by atoms with Crippen molar-refractivity contribution in [2.75, 3.05) is 0 Å². The van der Waals surface area contributed by atoms with E-state index in [-0.39, 0.29) is 5.75 Å². The normalized spacial score (nSPS) is 11.1. The molecule has 0 saturated heterocycles. The number of benzene rings is 2. The summed E-state index contributed by atoms with van der Waals surface area (Å²) in [5.74, 6) is 0.201. The van der Waals surface area contributed by atoms with Gasteiger partial charge in [-0.15, -0.1) is 12.6 Å². The van der Waals surface area contributed by atoms with Crippen LogP contribution in [0.2, 0.25) is 0 Å². The molecule has 1 aromatic heterocycles. The summed E-state index contributed by atoms with van der Waals surface area (Å²) in [7, 11) is 0. The van der Waals surface area contributed by atoms with Crippen molar-refractivity contribution in [3.63, 3.8) is 0 Å². The summed E-state index contributed by atoms with van der Waals surface area (Å²) in [6.07, 6.45) is 0. The second-order valence-corrected chi connectivity index (χ2v) is 4.09. The number of nitrogens with zero attached hydrogens (tertiary/aromatic N) is 2. The second-order valence-electron chi connectivity index (χ2n) is 3.57.